The fourth-order valence-electron chi connectivity index (χ4n) is 3.10. The van der Waals surface area contributed by atoms with E-state index in [0.717, 1.165) is 51.9 Å². The minimum atomic E-state index is 0.558. The second-order valence-electron chi connectivity index (χ2n) is 7.13. The van der Waals surface area contributed by atoms with Crippen LogP contribution in [0.1, 0.15) is 17.5 Å². The van der Waals surface area contributed by atoms with Gasteiger partial charge >= 0.3 is 0 Å². The van der Waals surface area contributed by atoms with Gasteiger partial charge in [0, 0.05) is 12.3 Å². The first-order valence-corrected chi connectivity index (χ1v) is 12.2. The molecule has 0 bridgehead atoms. The van der Waals surface area contributed by atoms with Gasteiger partial charge in [-0.05, 0) is 74.7 Å². The molecule has 0 saturated carbocycles. The van der Waals surface area contributed by atoms with Gasteiger partial charge < -0.3 is 10.1 Å². The Kier molecular flexibility index (Phi) is 8.30. The molecule has 3 aromatic carbocycles. The fourth-order valence-corrected chi connectivity index (χ4v) is 4.47. The first kappa shape index (κ1) is 22.5. The third-order valence-electron chi connectivity index (χ3n) is 4.73. The highest BCUT2D eigenvalue weighted by Gasteiger charge is 2.08. The number of para-hydroxylation sites is 1. The monoisotopic (exact) mass is 509 g/mol. The Balaban J connectivity index is 1.17. The molecule has 0 aliphatic heterocycles. The van der Waals surface area contributed by atoms with Crippen LogP contribution in [0.15, 0.2) is 88.5 Å². The average molecular weight is 510 g/mol. The van der Waals surface area contributed by atoms with E-state index < -0.39 is 0 Å². The molecular weight excluding hydrogens is 486 g/mol. The third kappa shape index (κ3) is 6.41. The molecule has 4 rings (SSSR count). The zero-order valence-electron chi connectivity index (χ0n) is 17.5. The maximum atomic E-state index is 5.92. The fraction of sp³-hybridized carbons (Fsp3) is 0.208. The summed E-state index contributed by atoms with van der Waals surface area (Å²) in [5, 5.41) is 16.4. The SMILES string of the molecule is Brc1cc(CNCCCSc2nnnn2-c2ccccc2)ccc1OCc1ccccc1. The average Bonchev–Trinajstić information content (AvgIpc) is 3.30. The highest BCUT2D eigenvalue weighted by molar-refractivity contribution is 9.10. The summed E-state index contributed by atoms with van der Waals surface area (Å²) in [5.74, 6) is 1.79. The lowest BCUT2D eigenvalue weighted by molar-refractivity contribution is 0.304. The van der Waals surface area contributed by atoms with Crippen molar-refractivity contribution in [3.05, 3.63) is 94.5 Å². The lowest BCUT2D eigenvalue weighted by Gasteiger charge is -2.11. The summed E-state index contributed by atoms with van der Waals surface area (Å²) < 4.78 is 8.67. The summed E-state index contributed by atoms with van der Waals surface area (Å²) >= 11 is 5.29. The number of hydrogen-bond donors (Lipinski definition) is 1. The molecule has 0 saturated heterocycles. The van der Waals surface area contributed by atoms with Crippen molar-refractivity contribution in [2.45, 2.75) is 24.7 Å². The Hall–Kier alpha value is -2.68. The van der Waals surface area contributed by atoms with Gasteiger partial charge in [0.05, 0.1) is 10.2 Å². The van der Waals surface area contributed by atoms with Crippen LogP contribution < -0.4 is 10.1 Å². The van der Waals surface area contributed by atoms with Crippen molar-refractivity contribution in [2.24, 2.45) is 0 Å². The van der Waals surface area contributed by atoms with Gasteiger partial charge in [-0.2, -0.15) is 4.68 Å². The smallest absolute Gasteiger partial charge is 0.214 e. The number of thioether (sulfide) groups is 1. The van der Waals surface area contributed by atoms with Gasteiger partial charge in [-0.15, -0.1) is 5.10 Å². The van der Waals surface area contributed by atoms with E-state index in [1.165, 1.54) is 5.56 Å². The van der Waals surface area contributed by atoms with Crippen LogP contribution in [-0.2, 0) is 13.2 Å². The number of benzene rings is 3. The van der Waals surface area contributed by atoms with Crippen molar-refractivity contribution in [2.75, 3.05) is 12.3 Å². The maximum Gasteiger partial charge on any atom is 0.214 e. The standard InChI is InChI=1S/C24H24BrN5OS/c25-22-16-20(12-13-23(22)31-18-19-8-3-1-4-9-19)17-26-14-7-15-32-24-27-28-29-30(24)21-10-5-2-6-11-21/h1-6,8-13,16,26H,7,14-15,17-18H2. The van der Waals surface area contributed by atoms with E-state index in [2.05, 4.69) is 61.0 Å². The van der Waals surface area contributed by atoms with E-state index in [4.69, 9.17) is 4.74 Å². The molecule has 8 heteroatoms. The lowest BCUT2D eigenvalue weighted by atomic mass is 10.2. The van der Waals surface area contributed by atoms with Crippen molar-refractivity contribution in [1.82, 2.24) is 25.5 Å². The van der Waals surface area contributed by atoms with Crippen molar-refractivity contribution in [3.8, 4) is 11.4 Å². The molecule has 0 aliphatic rings. The van der Waals surface area contributed by atoms with Crippen molar-refractivity contribution in [3.63, 3.8) is 0 Å². The maximum absolute atomic E-state index is 5.92. The van der Waals surface area contributed by atoms with E-state index in [1.54, 1.807) is 16.4 Å². The predicted octanol–water partition coefficient (Wildman–Crippen LogP) is 5.28. The van der Waals surface area contributed by atoms with E-state index in [1.807, 2.05) is 54.6 Å². The van der Waals surface area contributed by atoms with E-state index >= 15 is 0 Å². The van der Waals surface area contributed by atoms with Crippen LogP contribution >= 0.6 is 27.7 Å². The Morgan fingerprint density at radius 1 is 0.938 bits per heavy atom. The molecule has 0 atom stereocenters. The second-order valence-corrected chi connectivity index (χ2v) is 9.04. The number of tetrazole rings is 1. The minimum absolute atomic E-state index is 0.558. The lowest BCUT2D eigenvalue weighted by Crippen LogP contribution is -2.15. The summed E-state index contributed by atoms with van der Waals surface area (Å²) in [7, 11) is 0. The van der Waals surface area contributed by atoms with Crippen LogP contribution in [0.5, 0.6) is 5.75 Å². The number of nitrogens with zero attached hydrogens (tertiary/aromatic N) is 4. The summed E-state index contributed by atoms with van der Waals surface area (Å²) in [5.41, 5.74) is 3.34. The topological polar surface area (TPSA) is 64.9 Å². The van der Waals surface area contributed by atoms with E-state index in [0.29, 0.717) is 6.61 Å². The van der Waals surface area contributed by atoms with Crippen LogP contribution in [-0.4, -0.2) is 32.5 Å². The Morgan fingerprint density at radius 2 is 1.72 bits per heavy atom. The van der Waals surface area contributed by atoms with Crippen molar-refractivity contribution in [1.29, 1.82) is 0 Å². The minimum Gasteiger partial charge on any atom is -0.488 e. The zero-order valence-corrected chi connectivity index (χ0v) is 19.9. The van der Waals surface area contributed by atoms with Crippen LogP contribution in [0.3, 0.4) is 0 Å². The quantitative estimate of drug-likeness (QED) is 0.219. The molecule has 1 N–H and O–H groups in total. The molecule has 32 heavy (non-hydrogen) atoms. The normalized spacial score (nSPS) is 10.9. The highest BCUT2D eigenvalue weighted by atomic mass is 79.9. The molecule has 0 spiro atoms. The molecule has 164 valence electrons. The number of nitrogens with one attached hydrogen (secondary N) is 1. The van der Waals surface area contributed by atoms with Crippen LogP contribution in [0.25, 0.3) is 5.69 Å². The molecule has 0 aliphatic carbocycles. The molecule has 1 aromatic heterocycles. The summed E-state index contributed by atoms with van der Waals surface area (Å²) in [6.07, 6.45) is 1.02. The van der Waals surface area contributed by atoms with Crippen LogP contribution in [0.4, 0.5) is 0 Å². The zero-order chi connectivity index (χ0) is 22.0. The second kappa shape index (κ2) is 11.8. The molecule has 0 radical (unpaired) electrons. The highest BCUT2D eigenvalue weighted by Crippen LogP contribution is 2.27. The van der Waals surface area contributed by atoms with Crippen molar-refractivity contribution >= 4 is 27.7 Å². The number of ether oxygens (including phenoxy) is 1. The largest absolute Gasteiger partial charge is 0.488 e. The van der Waals surface area contributed by atoms with E-state index in [-0.39, 0.29) is 0 Å². The van der Waals surface area contributed by atoms with Crippen LogP contribution in [0, 0.1) is 0 Å². The molecular formula is C24H24BrN5OS. The first-order chi connectivity index (χ1) is 15.8. The van der Waals surface area contributed by atoms with Gasteiger partial charge in [-0.1, -0.05) is 66.4 Å². The molecule has 0 amide bonds. The molecule has 0 fully saturated rings. The first-order valence-electron chi connectivity index (χ1n) is 10.4. The predicted molar refractivity (Wildman–Crippen MR) is 131 cm³/mol. The number of hydrogen-bond acceptors (Lipinski definition) is 6. The number of rotatable bonds is 11. The Morgan fingerprint density at radius 3 is 2.50 bits per heavy atom. The van der Waals surface area contributed by atoms with E-state index in [9.17, 15) is 0 Å². The third-order valence-corrected chi connectivity index (χ3v) is 6.36. The van der Waals surface area contributed by atoms with Crippen LogP contribution in [0.2, 0.25) is 0 Å². The Bertz CT molecular complexity index is 1110. The number of halogens is 1. The van der Waals surface area contributed by atoms with Gasteiger partial charge in [-0.3, -0.25) is 0 Å². The summed E-state index contributed by atoms with van der Waals surface area (Å²) in [6, 6.07) is 26.3. The van der Waals surface area contributed by atoms with Gasteiger partial charge in [0.1, 0.15) is 12.4 Å². The Labute approximate surface area is 200 Å². The molecule has 4 aromatic rings. The van der Waals surface area contributed by atoms with Crippen molar-refractivity contribution < 1.29 is 4.74 Å². The summed E-state index contributed by atoms with van der Waals surface area (Å²) in [6.45, 7) is 2.29. The summed E-state index contributed by atoms with van der Waals surface area (Å²) in [4.78, 5) is 0. The number of aromatic nitrogens is 4. The van der Waals surface area contributed by atoms with Gasteiger partial charge in [0.25, 0.3) is 0 Å². The molecule has 0 unspecified atom stereocenters. The van der Waals surface area contributed by atoms with Gasteiger partial charge in [0.15, 0.2) is 0 Å². The van der Waals surface area contributed by atoms with Gasteiger partial charge in [-0.25, -0.2) is 0 Å². The molecule has 1 heterocycles. The molecule has 6 nitrogen and oxygen atoms in total. The van der Waals surface area contributed by atoms with Gasteiger partial charge in [0.2, 0.25) is 5.16 Å².